The molecule has 0 spiro atoms. The highest BCUT2D eigenvalue weighted by Crippen LogP contribution is 2.35. The molecule has 3 rings (SSSR count). The minimum Gasteiger partial charge on any atom is -0.493 e. The van der Waals surface area contributed by atoms with Gasteiger partial charge in [-0.2, -0.15) is 0 Å². The predicted molar refractivity (Wildman–Crippen MR) is 86.8 cm³/mol. The molecular formula is C17H16BrNO2. The van der Waals surface area contributed by atoms with Crippen molar-refractivity contribution in [1.29, 1.82) is 0 Å². The molecule has 3 nitrogen and oxygen atoms in total. The summed E-state index contributed by atoms with van der Waals surface area (Å²) in [7, 11) is 0. The Morgan fingerprint density at radius 1 is 1.24 bits per heavy atom. The van der Waals surface area contributed by atoms with Crippen molar-refractivity contribution in [1.82, 2.24) is 0 Å². The number of rotatable bonds is 2. The first-order valence-electron chi connectivity index (χ1n) is 6.94. The Morgan fingerprint density at radius 2 is 2.05 bits per heavy atom. The molecule has 1 amide bonds. The summed E-state index contributed by atoms with van der Waals surface area (Å²) in [5, 5.41) is 3.02. The van der Waals surface area contributed by atoms with E-state index in [0.717, 1.165) is 27.0 Å². The lowest BCUT2D eigenvalue weighted by molar-refractivity contribution is -0.118. The number of amides is 1. The number of nitrogens with one attached hydrogen (secondary N) is 1. The second kappa shape index (κ2) is 5.90. The number of ether oxygens (including phenoxy) is 1. The maximum Gasteiger partial charge on any atom is 0.232 e. The Bertz CT molecular complexity index is 684. The summed E-state index contributed by atoms with van der Waals surface area (Å²) < 4.78 is 6.54. The van der Waals surface area contributed by atoms with Crippen molar-refractivity contribution < 1.29 is 9.53 Å². The summed E-state index contributed by atoms with van der Waals surface area (Å²) in [6.45, 7) is 2.58. The smallest absolute Gasteiger partial charge is 0.232 e. The summed E-state index contributed by atoms with van der Waals surface area (Å²) >= 11 is 3.53. The Labute approximate surface area is 132 Å². The van der Waals surface area contributed by atoms with Crippen LogP contribution in [0.1, 0.15) is 23.5 Å². The van der Waals surface area contributed by atoms with E-state index in [-0.39, 0.29) is 11.8 Å². The van der Waals surface area contributed by atoms with Gasteiger partial charge >= 0.3 is 0 Å². The minimum absolute atomic E-state index is 0.0112. The SMILES string of the molecule is Cc1cccc(NC(=O)C2CCOc3ccccc32)c1Br. The van der Waals surface area contributed by atoms with Gasteiger partial charge in [0.05, 0.1) is 18.2 Å². The molecule has 0 aromatic heterocycles. The van der Waals surface area contributed by atoms with Crippen molar-refractivity contribution >= 4 is 27.5 Å². The first-order chi connectivity index (χ1) is 10.2. The molecule has 0 bridgehead atoms. The number of carbonyl (C=O) groups is 1. The van der Waals surface area contributed by atoms with Gasteiger partial charge in [-0.05, 0) is 47.0 Å². The number of anilines is 1. The van der Waals surface area contributed by atoms with Crippen LogP contribution in [0.5, 0.6) is 5.75 Å². The van der Waals surface area contributed by atoms with Crippen molar-refractivity contribution in [2.45, 2.75) is 19.3 Å². The van der Waals surface area contributed by atoms with Crippen LogP contribution in [-0.4, -0.2) is 12.5 Å². The third-order valence-electron chi connectivity index (χ3n) is 3.72. The van der Waals surface area contributed by atoms with E-state index >= 15 is 0 Å². The molecule has 2 aromatic carbocycles. The van der Waals surface area contributed by atoms with Gasteiger partial charge in [-0.15, -0.1) is 0 Å². The van der Waals surface area contributed by atoms with Gasteiger partial charge in [0.1, 0.15) is 5.75 Å². The average molecular weight is 346 g/mol. The first-order valence-corrected chi connectivity index (χ1v) is 7.74. The van der Waals surface area contributed by atoms with Gasteiger partial charge in [-0.3, -0.25) is 4.79 Å². The van der Waals surface area contributed by atoms with E-state index in [0.29, 0.717) is 13.0 Å². The van der Waals surface area contributed by atoms with Crippen LogP contribution in [0.15, 0.2) is 46.9 Å². The highest BCUT2D eigenvalue weighted by atomic mass is 79.9. The average Bonchev–Trinajstić information content (AvgIpc) is 2.51. The predicted octanol–water partition coefficient (Wildman–Crippen LogP) is 4.26. The lowest BCUT2D eigenvalue weighted by Crippen LogP contribution is -2.26. The maximum atomic E-state index is 12.6. The van der Waals surface area contributed by atoms with Gasteiger partial charge in [0.2, 0.25) is 5.91 Å². The number of aryl methyl sites for hydroxylation is 1. The molecule has 1 aliphatic rings. The number of benzene rings is 2. The van der Waals surface area contributed by atoms with Crippen LogP contribution in [0.25, 0.3) is 0 Å². The zero-order valence-electron chi connectivity index (χ0n) is 11.7. The maximum absolute atomic E-state index is 12.6. The number of halogens is 1. The molecule has 0 radical (unpaired) electrons. The van der Waals surface area contributed by atoms with Crippen molar-refractivity contribution in [3.63, 3.8) is 0 Å². The third kappa shape index (κ3) is 2.81. The molecule has 1 atom stereocenters. The second-order valence-electron chi connectivity index (χ2n) is 5.15. The molecule has 1 aliphatic heterocycles. The van der Waals surface area contributed by atoms with E-state index in [1.165, 1.54) is 0 Å². The van der Waals surface area contributed by atoms with Crippen LogP contribution >= 0.6 is 15.9 Å². The highest BCUT2D eigenvalue weighted by Gasteiger charge is 2.27. The zero-order chi connectivity index (χ0) is 14.8. The van der Waals surface area contributed by atoms with Crippen LogP contribution < -0.4 is 10.1 Å². The van der Waals surface area contributed by atoms with Crippen molar-refractivity contribution in [3.05, 3.63) is 58.1 Å². The number of carbonyl (C=O) groups excluding carboxylic acids is 1. The van der Waals surface area contributed by atoms with Gasteiger partial charge in [-0.1, -0.05) is 30.3 Å². The van der Waals surface area contributed by atoms with Gasteiger partial charge in [0.25, 0.3) is 0 Å². The zero-order valence-corrected chi connectivity index (χ0v) is 13.3. The molecular weight excluding hydrogens is 330 g/mol. The van der Waals surface area contributed by atoms with E-state index in [2.05, 4.69) is 21.2 Å². The molecule has 0 aliphatic carbocycles. The molecule has 0 fully saturated rings. The molecule has 2 aromatic rings. The number of para-hydroxylation sites is 1. The van der Waals surface area contributed by atoms with Crippen LogP contribution in [-0.2, 0) is 4.79 Å². The van der Waals surface area contributed by atoms with Crippen molar-refractivity contribution in [2.24, 2.45) is 0 Å². The van der Waals surface area contributed by atoms with E-state index in [1.807, 2.05) is 49.4 Å². The Balaban J connectivity index is 1.85. The third-order valence-corrected chi connectivity index (χ3v) is 4.78. The topological polar surface area (TPSA) is 38.3 Å². The van der Waals surface area contributed by atoms with E-state index in [9.17, 15) is 4.79 Å². The van der Waals surface area contributed by atoms with Crippen molar-refractivity contribution in [2.75, 3.05) is 11.9 Å². The quantitative estimate of drug-likeness (QED) is 0.882. The minimum atomic E-state index is -0.164. The van der Waals surface area contributed by atoms with Crippen LogP contribution in [0.4, 0.5) is 5.69 Å². The molecule has 4 heteroatoms. The summed E-state index contributed by atoms with van der Waals surface area (Å²) in [5.41, 5.74) is 2.87. The molecule has 0 saturated heterocycles. The highest BCUT2D eigenvalue weighted by molar-refractivity contribution is 9.10. The molecule has 1 unspecified atom stereocenters. The van der Waals surface area contributed by atoms with Crippen LogP contribution in [0, 0.1) is 6.92 Å². The standard InChI is InChI=1S/C17H16BrNO2/c1-11-5-4-7-14(16(11)18)19-17(20)13-9-10-21-15-8-3-2-6-12(13)15/h2-8,13H,9-10H2,1H3,(H,19,20). The van der Waals surface area contributed by atoms with E-state index in [4.69, 9.17) is 4.74 Å². The number of hydrogen-bond donors (Lipinski definition) is 1. The molecule has 0 saturated carbocycles. The lowest BCUT2D eigenvalue weighted by Gasteiger charge is -2.25. The van der Waals surface area contributed by atoms with E-state index < -0.39 is 0 Å². The summed E-state index contributed by atoms with van der Waals surface area (Å²) in [6, 6.07) is 13.6. The second-order valence-corrected chi connectivity index (χ2v) is 5.95. The monoisotopic (exact) mass is 345 g/mol. The number of fused-ring (bicyclic) bond motifs is 1. The number of hydrogen-bond acceptors (Lipinski definition) is 2. The Hall–Kier alpha value is -1.81. The normalized spacial score (nSPS) is 16.8. The van der Waals surface area contributed by atoms with Crippen LogP contribution in [0.2, 0.25) is 0 Å². The molecule has 1 heterocycles. The van der Waals surface area contributed by atoms with Crippen molar-refractivity contribution in [3.8, 4) is 5.75 Å². The van der Waals surface area contributed by atoms with E-state index in [1.54, 1.807) is 0 Å². The first kappa shape index (κ1) is 14.1. The van der Waals surface area contributed by atoms with Crippen LogP contribution in [0.3, 0.4) is 0 Å². The lowest BCUT2D eigenvalue weighted by atomic mass is 9.92. The fraction of sp³-hybridized carbons (Fsp3) is 0.235. The molecule has 108 valence electrons. The summed E-state index contributed by atoms with van der Waals surface area (Å²) in [4.78, 5) is 12.6. The molecule has 1 N–H and O–H groups in total. The summed E-state index contributed by atoms with van der Waals surface area (Å²) in [5.74, 6) is 0.659. The Morgan fingerprint density at radius 3 is 2.90 bits per heavy atom. The Kier molecular flexibility index (Phi) is 3.97. The largest absolute Gasteiger partial charge is 0.493 e. The fourth-order valence-electron chi connectivity index (χ4n) is 2.58. The van der Waals surface area contributed by atoms with Gasteiger partial charge in [0, 0.05) is 10.0 Å². The fourth-order valence-corrected chi connectivity index (χ4v) is 2.94. The molecule has 21 heavy (non-hydrogen) atoms. The van der Waals surface area contributed by atoms with Gasteiger partial charge < -0.3 is 10.1 Å². The van der Waals surface area contributed by atoms with Gasteiger partial charge in [-0.25, -0.2) is 0 Å². The van der Waals surface area contributed by atoms with Gasteiger partial charge in [0.15, 0.2) is 0 Å². The summed E-state index contributed by atoms with van der Waals surface area (Å²) in [6.07, 6.45) is 0.701.